The molecule has 2 rings (SSSR count). The van der Waals surface area contributed by atoms with E-state index < -0.39 is 0 Å². The zero-order valence-electron chi connectivity index (χ0n) is 26.1. The molecule has 1 aliphatic rings. The van der Waals surface area contributed by atoms with Crippen LogP contribution in [0.4, 0.5) is 0 Å². The van der Waals surface area contributed by atoms with Gasteiger partial charge in [-0.05, 0) is 86.6 Å². The first kappa shape index (κ1) is 34.9. The van der Waals surface area contributed by atoms with Gasteiger partial charge in [-0.15, -0.1) is 0 Å². The summed E-state index contributed by atoms with van der Waals surface area (Å²) in [5.74, 6) is 0.443. The molecule has 1 aromatic heterocycles. The predicted octanol–water partition coefficient (Wildman–Crippen LogP) is 11.2. The third kappa shape index (κ3) is 12.8. The molecule has 0 aromatic carbocycles. The molecule has 0 atom stereocenters. The van der Waals surface area contributed by atoms with Gasteiger partial charge in [0.15, 0.2) is 0 Å². The summed E-state index contributed by atoms with van der Waals surface area (Å²) >= 11 is 0. The highest BCUT2D eigenvalue weighted by molar-refractivity contribution is 5.38. The van der Waals surface area contributed by atoms with Crippen LogP contribution in [0.25, 0.3) is 0 Å². The molecule has 2 nitrogen and oxygen atoms in total. The molecule has 37 heavy (non-hydrogen) atoms. The Balaban J connectivity index is 0.00000142. The number of nitrogens with zero attached hydrogens (tertiary/aromatic N) is 2. The molecule has 0 amide bonds. The van der Waals surface area contributed by atoms with Crippen LogP contribution in [0, 0.1) is 5.92 Å². The van der Waals surface area contributed by atoms with Crippen molar-refractivity contribution in [1.29, 1.82) is 0 Å². The summed E-state index contributed by atoms with van der Waals surface area (Å²) in [6.45, 7) is 21.7. The van der Waals surface area contributed by atoms with Crippen LogP contribution in [0.5, 0.6) is 0 Å². The van der Waals surface area contributed by atoms with E-state index in [-0.39, 0.29) is 0 Å². The van der Waals surface area contributed by atoms with E-state index in [1.807, 2.05) is 26.1 Å². The second kappa shape index (κ2) is 21.9. The third-order valence-corrected chi connectivity index (χ3v) is 7.01. The van der Waals surface area contributed by atoms with Crippen LogP contribution in [0.1, 0.15) is 132 Å². The van der Waals surface area contributed by atoms with Gasteiger partial charge in [0.2, 0.25) is 0 Å². The van der Waals surface area contributed by atoms with Crippen LogP contribution in [0.3, 0.4) is 0 Å². The average Bonchev–Trinajstić information content (AvgIpc) is 3.17. The maximum atomic E-state index is 4.50. The minimum atomic E-state index is 0.443. The number of unbranched alkanes of at least 4 members (excludes halogenated alkanes) is 3. The molecule has 0 unspecified atom stereocenters. The molecule has 0 bridgehead atoms. The van der Waals surface area contributed by atoms with Crippen LogP contribution in [0.15, 0.2) is 71.2 Å². The Kier molecular flexibility index (Phi) is 20.7. The Bertz CT molecular complexity index is 807. The van der Waals surface area contributed by atoms with E-state index >= 15 is 0 Å². The summed E-state index contributed by atoms with van der Waals surface area (Å²) in [7, 11) is 2.27. The van der Waals surface area contributed by atoms with Gasteiger partial charge in [0.1, 0.15) is 0 Å². The van der Waals surface area contributed by atoms with Crippen molar-refractivity contribution >= 4 is 0 Å². The SMILES string of the molecule is C=C/C(CCc1ccccn1)=C(/C(C)C)N(C)/C(CC)=C1/CCCCC/C1=C\C.CC.CCCCCC. The van der Waals surface area contributed by atoms with E-state index in [1.165, 1.54) is 74.8 Å². The number of allylic oxidation sites excluding steroid dienone is 7. The van der Waals surface area contributed by atoms with Gasteiger partial charge in [0, 0.05) is 30.3 Å². The van der Waals surface area contributed by atoms with Gasteiger partial charge in [-0.2, -0.15) is 0 Å². The fraction of sp³-hybridized carbons (Fsp3) is 0.629. The quantitative estimate of drug-likeness (QED) is 0.168. The van der Waals surface area contributed by atoms with Crippen LogP contribution in [0.2, 0.25) is 0 Å². The van der Waals surface area contributed by atoms with E-state index in [0.717, 1.165) is 25.0 Å². The van der Waals surface area contributed by atoms with E-state index in [2.05, 4.69) is 89.3 Å². The first-order valence-electron chi connectivity index (χ1n) is 15.3. The van der Waals surface area contributed by atoms with Crippen molar-refractivity contribution in [2.45, 2.75) is 132 Å². The topological polar surface area (TPSA) is 16.1 Å². The number of aryl methyl sites for hydroxylation is 1. The lowest BCUT2D eigenvalue weighted by molar-refractivity contribution is 0.427. The lowest BCUT2D eigenvalue weighted by Crippen LogP contribution is -2.24. The standard InChI is InChI=1S/C27H40N2.C6H14.C2H6/c1-7-22-15-11-10-12-17-25(22)26(9-3)29(6)27(21(4)5)23(8-2)18-19-24-16-13-14-20-28-24;1-3-5-6-4-2;1-2/h7-8,13-14,16,20-21H,2,9-12,15,17-19H2,1,3-6H3;3-6H2,1-2H3;1-2H3/b22-7+,26-25-,27-23+;;. The zero-order valence-corrected chi connectivity index (χ0v) is 26.1. The summed E-state index contributed by atoms with van der Waals surface area (Å²) in [6, 6.07) is 6.16. The van der Waals surface area contributed by atoms with Gasteiger partial charge in [-0.25, -0.2) is 0 Å². The number of aromatic nitrogens is 1. The van der Waals surface area contributed by atoms with Crippen molar-refractivity contribution in [3.8, 4) is 0 Å². The highest BCUT2D eigenvalue weighted by Crippen LogP contribution is 2.35. The molecule has 2 heteroatoms. The van der Waals surface area contributed by atoms with Gasteiger partial charge in [0.05, 0.1) is 0 Å². The molecule has 0 N–H and O–H groups in total. The molecule has 1 aromatic rings. The minimum absolute atomic E-state index is 0.443. The number of pyridine rings is 1. The van der Waals surface area contributed by atoms with Crippen LogP contribution in [-0.4, -0.2) is 16.9 Å². The average molecular weight is 509 g/mol. The molecule has 0 radical (unpaired) electrons. The summed E-state index contributed by atoms with van der Waals surface area (Å²) in [4.78, 5) is 6.99. The lowest BCUT2D eigenvalue weighted by Gasteiger charge is -2.32. The van der Waals surface area contributed by atoms with E-state index in [9.17, 15) is 0 Å². The van der Waals surface area contributed by atoms with Gasteiger partial charge in [0.25, 0.3) is 0 Å². The molecule has 0 saturated heterocycles. The summed E-state index contributed by atoms with van der Waals surface area (Å²) < 4.78 is 0. The maximum absolute atomic E-state index is 4.50. The van der Waals surface area contributed by atoms with Gasteiger partial charge in [-0.1, -0.05) is 105 Å². The molecule has 1 heterocycles. The smallest absolute Gasteiger partial charge is 0.0406 e. The van der Waals surface area contributed by atoms with Gasteiger partial charge < -0.3 is 4.90 Å². The van der Waals surface area contributed by atoms with Crippen molar-refractivity contribution in [2.24, 2.45) is 5.92 Å². The van der Waals surface area contributed by atoms with Crippen LogP contribution < -0.4 is 0 Å². The van der Waals surface area contributed by atoms with E-state index in [4.69, 9.17) is 0 Å². The molecular formula is C35H60N2. The highest BCUT2D eigenvalue weighted by Gasteiger charge is 2.21. The second-order valence-electron chi connectivity index (χ2n) is 10.0. The molecule has 0 spiro atoms. The Morgan fingerprint density at radius 1 is 1.03 bits per heavy atom. The Morgan fingerprint density at radius 2 is 1.68 bits per heavy atom. The Morgan fingerprint density at radius 3 is 2.16 bits per heavy atom. The molecule has 1 aliphatic carbocycles. The summed E-state index contributed by atoms with van der Waals surface area (Å²) in [6.07, 6.45) is 21.2. The zero-order chi connectivity index (χ0) is 28.1. The molecular weight excluding hydrogens is 448 g/mol. The number of hydrogen-bond donors (Lipinski definition) is 0. The third-order valence-electron chi connectivity index (χ3n) is 7.01. The van der Waals surface area contributed by atoms with Crippen LogP contribution >= 0.6 is 0 Å². The monoisotopic (exact) mass is 508 g/mol. The fourth-order valence-electron chi connectivity index (χ4n) is 5.17. The predicted molar refractivity (Wildman–Crippen MR) is 168 cm³/mol. The van der Waals surface area contributed by atoms with E-state index in [0.29, 0.717) is 5.92 Å². The summed E-state index contributed by atoms with van der Waals surface area (Å²) in [5, 5.41) is 0. The molecule has 0 aliphatic heterocycles. The van der Waals surface area contributed by atoms with Gasteiger partial charge >= 0.3 is 0 Å². The minimum Gasteiger partial charge on any atom is -0.351 e. The second-order valence-corrected chi connectivity index (χ2v) is 10.0. The largest absolute Gasteiger partial charge is 0.351 e. The lowest BCUT2D eigenvalue weighted by atomic mass is 9.94. The van der Waals surface area contributed by atoms with Crippen molar-refractivity contribution < 1.29 is 0 Å². The Labute approximate surface area is 232 Å². The van der Waals surface area contributed by atoms with Crippen molar-refractivity contribution in [2.75, 3.05) is 7.05 Å². The van der Waals surface area contributed by atoms with Crippen LogP contribution in [-0.2, 0) is 6.42 Å². The van der Waals surface area contributed by atoms with E-state index in [1.54, 1.807) is 11.1 Å². The normalized spacial score (nSPS) is 16.5. The Hall–Kier alpha value is -2.09. The van der Waals surface area contributed by atoms with Crippen molar-refractivity contribution in [1.82, 2.24) is 9.88 Å². The fourth-order valence-corrected chi connectivity index (χ4v) is 5.17. The summed E-state index contributed by atoms with van der Waals surface area (Å²) in [5.41, 5.74) is 8.52. The molecule has 1 fully saturated rings. The maximum Gasteiger partial charge on any atom is 0.0406 e. The van der Waals surface area contributed by atoms with Crippen molar-refractivity contribution in [3.05, 3.63) is 76.9 Å². The van der Waals surface area contributed by atoms with Gasteiger partial charge in [-0.3, -0.25) is 4.98 Å². The molecule has 210 valence electrons. The first-order valence-corrected chi connectivity index (χ1v) is 15.3. The van der Waals surface area contributed by atoms with Crippen molar-refractivity contribution in [3.63, 3.8) is 0 Å². The number of rotatable bonds is 11. The highest BCUT2D eigenvalue weighted by atomic mass is 15.1. The number of hydrogen-bond acceptors (Lipinski definition) is 2. The first-order chi connectivity index (χ1) is 17.9. The molecule has 1 saturated carbocycles.